The van der Waals surface area contributed by atoms with Crippen LogP contribution in [0.1, 0.15) is 18.4 Å². The lowest BCUT2D eigenvalue weighted by Crippen LogP contribution is -2.38. The van der Waals surface area contributed by atoms with E-state index < -0.39 is 6.09 Å². The Bertz CT molecular complexity index is 813. The molecule has 142 valence electrons. The maximum atomic E-state index is 12.7. The Morgan fingerprint density at radius 1 is 1.22 bits per heavy atom. The largest absolute Gasteiger partial charge is 0.444 e. The molecule has 3 atom stereocenters. The lowest BCUT2D eigenvalue weighted by Gasteiger charge is -2.27. The minimum atomic E-state index is -0.392. The first-order valence-electron chi connectivity index (χ1n) is 9.06. The highest BCUT2D eigenvalue weighted by molar-refractivity contribution is 6.33. The van der Waals surface area contributed by atoms with Crippen molar-refractivity contribution in [1.29, 1.82) is 0 Å². The molecule has 3 unspecified atom stereocenters. The summed E-state index contributed by atoms with van der Waals surface area (Å²) < 4.78 is 5.90. The molecule has 2 fully saturated rings. The molecule has 2 heterocycles. The predicted molar refractivity (Wildman–Crippen MR) is 106 cm³/mol. The molecule has 1 amide bonds. The molecule has 2 aromatic rings. The van der Waals surface area contributed by atoms with E-state index in [9.17, 15) is 4.79 Å². The first-order chi connectivity index (χ1) is 13.0. The van der Waals surface area contributed by atoms with Gasteiger partial charge in [-0.15, -0.1) is 0 Å². The summed E-state index contributed by atoms with van der Waals surface area (Å²) in [5.74, 6) is 0.390. The van der Waals surface area contributed by atoms with E-state index in [-0.39, 0.29) is 22.5 Å². The molecule has 4 rings (SSSR count). The van der Waals surface area contributed by atoms with E-state index in [0.717, 1.165) is 25.9 Å². The second-order valence-electron chi connectivity index (χ2n) is 7.20. The van der Waals surface area contributed by atoms with E-state index in [1.807, 2.05) is 6.07 Å². The summed E-state index contributed by atoms with van der Waals surface area (Å²) >= 11 is 11.9. The number of fused-ring (bicyclic) bond motifs is 2. The summed E-state index contributed by atoms with van der Waals surface area (Å²) in [4.78, 5) is 20.5. The van der Waals surface area contributed by atoms with E-state index in [1.54, 1.807) is 19.2 Å². The number of amides is 1. The van der Waals surface area contributed by atoms with Gasteiger partial charge in [-0.25, -0.2) is 9.78 Å². The summed E-state index contributed by atoms with van der Waals surface area (Å²) in [6, 6.07) is 13.9. The summed E-state index contributed by atoms with van der Waals surface area (Å²) in [6.07, 6.45) is 1.70. The van der Waals surface area contributed by atoms with Crippen LogP contribution >= 0.6 is 23.2 Å². The number of benzene rings is 1. The van der Waals surface area contributed by atoms with Crippen molar-refractivity contribution in [3.8, 4) is 0 Å². The molecule has 1 saturated heterocycles. The Kier molecular flexibility index (Phi) is 5.26. The van der Waals surface area contributed by atoms with Crippen LogP contribution in [-0.2, 0) is 11.3 Å². The van der Waals surface area contributed by atoms with Crippen molar-refractivity contribution in [3.05, 3.63) is 58.3 Å². The average Bonchev–Trinajstić information content (AvgIpc) is 3.17. The van der Waals surface area contributed by atoms with Gasteiger partial charge in [0.2, 0.25) is 0 Å². The monoisotopic (exact) mass is 405 g/mol. The fraction of sp³-hybridized carbons (Fsp3) is 0.400. The molecule has 27 heavy (non-hydrogen) atoms. The molecular formula is C20H21Cl2N3O2. The molecule has 0 spiro atoms. The maximum Gasteiger partial charge on any atom is 0.414 e. The zero-order valence-corrected chi connectivity index (χ0v) is 16.5. The molecule has 7 heteroatoms. The van der Waals surface area contributed by atoms with Crippen molar-refractivity contribution in [2.24, 2.45) is 5.92 Å². The number of rotatable bonds is 4. The van der Waals surface area contributed by atoms with E-state index in [4.69, 9.17) is 27.9 Å². The number of halogens is 2. The number of likely N-dealkylation sites (tertiary alicyclic amines) is 1. The van der Waals surface area contributed by atoms with Gasteiger partial charge in [-0.3, -0.25) is 9.80 Å². The summed E-state index contributed by atoms with van der Waals surface area (Å²) in [6.45, 7) is 1.86. The molecule has 2 bridgehead atoms. The van der Waals surface area contributed by atoms with Crippen LogP contribution in [0.2, 0.25) is 10.3 Å². The highest BCUT2D eigenvalue weighted by Gasteiger charge is 2.49. The van der Waals surface area contributed by atoms with Crippen LogP contribution in [0.4, 0.5) is 10.5 Å². The average molecular weight is 406 g/mol. The predicted octanol–water partition coefficient (Wildman–Crippen LogP) is 4.62. The lowest BCUT2D eigenvalue weighted by atomic mass is 10.1. The van der Waals surface area contributed by atoms with Gasteiger partial charge < -0.3 is 4.74 Å². The third kappa shape index (κ3) is 3.91. The number of aromatic nitrogens is 1. The Labute approximate surface area is 168 Å². The Morgan fingerprint density at radius 3 is 2.63 bits per heavy atom. The zero-order valence-electron chi connectivity index (χ0n) is 15.0. The van der Waals surface area contributed by atoms with Crippen molar-refractivity contribution < 1.29 is 9.53 Å². The highest BCUT2D eigenvalue weighted by atomic mass is 35.5. The van der Waals surface area contributed by atoms with Crippen LogP contribution < -0.4 is 4.90 Å². The molecule has 2 aliphatic rings. The molecule has 0 N–H and O–H groups in total. The topological polar surface area (TPSA) is 45.7 Å². The van der Waals surface area contributed by atoms with Crippen LogP contribution in [0.15, 0.2) is 42.5 Å². The molecule has 0 radical (unpaired) electrons. The van der Waals surface area contributed by atoms with E-state index >= 15 is 0 Å². The number of carbonyl (C=O) groups excluding carboxylic acids is 1. The SMILES string of the molecule is CN(C(=O)OC1C2CCC1N(Cc1ccccc1)C2)c1cc(Cl)nc(Cl)c1. The summed E-state index contributed by atoms with van der Waals surface area (Å²) in [5.41, 5.74) is 1.85. The highest BCUT2D eigenvalue weighted by Crippen LogP contribution is 2.41. The van der Waals surface area contributed by atoms with Crippen LogP contribution in [0.3, 0.4) is 0 Å². The standard InChI is InChI=1S/C20H21Cl2N3O2/c1-24(15-9-17(21)23-18(22)10-15)20(26)27-19-14-7-8-16(19)25(12-14)11-13-5-3-2-4-6-13/h2-6,9-10,14,16,19H,7-8,11-12H2,1H3. The van der Waals surface area contributed by atoms with Crippen molar-refractivity contribution in [2.75, 3.05) is 18.5 Å². The fourth-order valence-electron chi connectivity index (χ4n) is 4.17. The quantitative estimate of drug-likeness (QED) is 0.695. The molecular weight excluding hydrogens is 385 g/mol. The van der Waals surface area contributed by atoms with Gasteiger partial charge in [-0.05, 0) is 30.5 Å². The zero-order chi connectivity index (χ0) is 19.0. The van der Waals surface area contributed by atoms with Gasteiger partial charge in [0.25, 0.3) is 0 Å². The number of anilines is 1. The molecule has 1 aromatic heterocycles. The number of ether oxygens (including phenoxy) is 1. The number of piperidine rings is 1. The maximum absolute atomic E-state index is 12.7. The third-order valence-electron chi connectivity index (χ3n) is 5.49. The number of hydrogen-bond acceptors (Lipinski definition) is 4. The Balaban J connectivity index is 1.42. The molecule has 1 saturated carbocycles. The molecule has 1 aromatic carbocycles. The number of hydrogen-bond donors (Lipinski definition) is 0. The third-order valence-corrected chi connectivity index (χ3v) is 5.88. The Hall–Kier alpha value is -1.82. The van der Waals surface area contributed by atoms with Gasteiger partial charge in [0.1, 0.15) is 16.4 Å². The van der Waals surface area contributed by atoms with Crippen molar-refractivity contribution in [1.82, 2.24) is 9.88 Å². The van der Waals surface area contributed by atoms with Gasteiger partial charge in [0.15, 0.2) is 0 Å². The minimum absolute atomic E-state index is 0.0727. The smallest absolute Gasteiger partial charge is 0.414 e. The summed E-state index contributed by atoms with van der Waals surface area (Å²) in [5, 5.41) is 0.485. The van der Waals surface area contributed by atoms with Crippen LogP contribution in [-0.4, -0.2) is 41.7 Å². The normalized spacial score (nSPS) is 24.2. The van der Waals surface area contributed by atoms with Crippen molar-refractivity contribution in [2.45, 2.75) is 31.5 Å². The van der Waals surface area contributed by atoms with Crippen LogP contribution in [0.5, 0.6) is 0 Å². The summed E-state index contributed by atoms with van der Waals surface area (Å²) in [7, 11) is 1.66. The molecule has 5 nitrogen and oxygen atoms in total. The first kappa shape index (κ1) is 18.5. The molecule has 1 aliphatic carbocycles. The van der Waals surface area contributed by atoms with Gasteiger partial charge in [0, 0.05) is 32.1 Å². The van der Waals surface area contributed by atoms with Gasteiger partial charge >= 0.3 is 6.09 Å². The second-order valence-corrected chi connectivity index (χ2v) is 7.97. The number of nitrogens with zero attached hydrogens (tertiary/aromatic N) is 3. The Morgan fingerprint density at radius 2 is 1.93 bits per heavy atom. The first-order valence-corrected chi connectivity index (χ1v) is 9.82. The number of carbonyl (C=O) groups is 1. The second kappa shape index (κ2) is 7.66. The van der Waals surface area contributed by atoms with E-state index in [1.165, 1.54) is 10.5 Å². The fourth-order valence-corrected chi connectivity index (χ4v) is 4.62. The van der Waals surface area contributed by atoms with Gasteiger partial charge in [-0.2, -0.15) is 0 Å². The van der Waals surface area contributed by atoms with E-state index in [2.05, 4.69) is 34.1 Å². The van der Waals surface area contributed by atoms with Gasteiger partial charge in [-0.1, -0.05) is 53.5 Å². The van der Waals surface area contributed by atoms with E-state index in [0.29, 0.717) is 11.6 Å². The minimum Gasteiger partial charge on any atom is -0.444 e. The van der Waals surface area contributed by atoms with Crippen molar-refractivity contribution in [3.63, 3.8) is 0 Å². The van der Waals surface area contributed by atoms with Crippen LogP contribution in [0, 0.1) is 5.92 Å². The van der Waals surface area contributed by atoms with Crippen LogP contribution in [0.25, 0.3) is 0 Å². The number of pyridine rings is 1. The van der Waals surface area contributed by atoms with Crippen molar-refractivity contribution >= 4 is 35.0 Å². The molecule has 1 aliphatic heterocycles. The van der Waals surface area contributed by atoms with Gasteiger partial charge in [0.05, 0.1) is 5.69 Å². The lowest BCUT2D eigenvalue weighted by molar-refractivity contribution is 0.0791.